The minimum atomic E-state index is -4.66. The number of nitrogens with two attached hydrogens (primary N) is 1. The molecule has 2 aromatic rings. The van der Waals surface area contributed by atoms with Crippen molar-refractivity contribution < 1.29 is 22.8 Å². The number of benzene rings is 1. The van der Waals surface area contributed by atoms with Gasteiger partial charge in [-0.2, -0.15) is 18.2 Å². The van der Waals surface area contributed by atoms with Crippen LogP contribution in [0.2, 0.25) is 0 Å². The summed E-state index contributed by atoms with van der Waals surface area (Å²) in [5, 5.41) is 12.8. The third-order valence-corrected chi connectivity index (χ3v) is 2.76. The molecule has 0 bridgehead atoms. The molecule has 0 aliphatic carbocycles. The molecule has 0 aliphatic heterocycles. The molecule has 0 unspecified atom stereocenters. The van der Waals surface area contributed by atoms with Gasteiger partial charge in [-0.3, -0.25) is 0 Å². The van der Waals surface area contributed by atoms with Gasteiger partial charge >= 0.3 is 6.18 Å². The summed E-state index contributed by atoms with van der Waals surface area (Å²) in [4.78, 5) is 3.95. The van der Waals surface area contributed by atoms with E-state index in [1.165, 1.54) is 6.07 Å². The highest BCUT2D eigenvalue weighted by atomic mass is 19.4. The Kier molecular flexibility index (Phi) is 3.67. The van der Waals surface area contributed by atoms with Crippen molar-refractivity contribution in [3.63, 3.8) is 0 Å². The summed E-state index contributed by atoms with van der Waals surface area (Å²) < 4.78 is 43.0. The van der Waals surface area contributed by atoms with E-state index in [2.05, 4.69) is 10.1 Å². The third-order valence-electron chi connectivity index (χ3n) is 2.76. The number of aromatic nitrogens is 2. The van der Waals surface area contributed by atoms with Gasteiger partial charge in [-0.05, 0) is 24.6 Å². The first-order valence-corrected chi connectivity index (χ1v) is 5.82. The number of aromatic hydroxyl groups is 1. The van der Waals surface area contributed by atoms with Crippen LogP contribution in [-0.4, -0.2) is 15.2 Å². The van der Waals surface area contributed by atoms with E-state index in [1.54, 1.807) is 0 Å². The predicted molar refractivity (Wildman–Crippen MR) is 63.6 cm³/mol. The van der Waals surface area contributed by atoms with Crippen LogP contribution in [0.5, 0.6) is 5.75 Å². The van der Waals surface area contributed by atoms with Crippen LogP contribution in [0, 0.1) is 0 Å². The molecule has 0 saturated carbocycles. The van der Waals surface area contributed by atoms with Crippen molar-refractivity contribution in [2.75, 3.05) is 0 Å². The predicted octanol–water partition coefficient (Wildman–Crippen LogP) is 2.87. The number of halogens is 3. The fourth-order valence-corrected chi connectivity index (χ4v) is 1.58. The fourth-order valence-electron chi connectivity index (χ4n) is 1.58. The summed E-state index contributed by atoms with van der Waals surface area (Å²) in [6.45, 7) is 1.82. The van der Waals surface area contributed by atoms with E-state index in [9.17, 15) is 18.3 Å². The summed E-state index contributed by atoms with van der Waals surface area (Å²) in [7, 11) is 0. The van der Waals surface area contributed by atoms with E-state index in [1.807, 2.05) is 6.92 Å². The average molecular weight is 287 g/mol. The van der Waals surface area contributed by atoms with Gasteiger partial charge in [-0.25, -0.2) is 0 Å². The van der Waals surface area contributed by atoms with E-state index < -0.39 is 23.5 Å². The molecular formula is C12H12F3N3O2. The molecule has 5 nitrogen and oxygen atoms in total. The van der Waals surface area contributed by atoms with Crippen LogP contribution in [0.1, 0.15) is 30.8 Å². The maximum atomic E-state index is 12.7. The van der Waals surface area contributed by atoms with Crippen molar-refractivity contribution >= 4 is 0 Å². The second-order valence-electron chi connectivity index (χ2n) is 4.20. The lowest BCUT2D eigenvalue weighted by Gasteiger charge is -2.09. The molecule has 0 spiro atoms. The zero-order chi connectivity index (χ0) is 14.9. The highest BCUT2D eigenvalue weighted by molar-refractivity contribution is 5.58. The Morgan fingerprint density at radius 1 is 1.40 bits per heavy atom. The van der Waals surface area contributed by atoms with Gasteiger partial charge in [0.1, 0.15) is 5.75 Å². The van der Waals surface area contributed by atoms with Crippen molar-refractivity contribution in [1.82, 2.24) is 10.1 Å². The molecule has 2 rings (SSSR count). The SMILES string of the molecule is CC[C@@H](N)c1nc(-c2ccc(O)c(C(F)(F)F)c2)no1. The van der Waals surface area contributed by atoms with Crippen LogP contribution in [0.25, 0.3) is 11.4 Å². The monoisotopic (exact) mass is 287 g/mol. The van der Waals surface area contributed by atoms with Gasteiger partial charge in [0.15, 0.2) is 0 Å². The zero-order valence-electron chi connectivity index (χ0n) is 10.5. The van der Waals surface area contributed by atoms with E-state index in [0.717, 1.165) is 12.1 Å². The number of rotatable bonds is 3. The Morgan fingerprint density at radius 3 is 2.70 bits per heavy atom. The van der Waals surface area contributed by atoms with Gasteiger partial charge in [-0.1, -0.05) is 12.1 Å². The van der Waals surface area contributed by atoms with Crippen LogP contribution < -0.4 is 5.73 Å². The summed E-state index contributed by atoms with van der Waals surface area (Å²) in [5.41, 5.74) is 4.63. The first kappa shape index (κ1) is 14.3. The van der Waals surface area contributed by atoms with Gasteiger partial charge in [0.25, 0.3) is 0 Å². The molecule has 20 heavy (non-hydrogen) atoms. The van der Waals surface area contributed by atoms with Crippen LogP contribution in [0.4, 0.5) is 13.2 Å². The lowest BCUT2D eigenvalue weighted by Crippen LogP contribution is -2.08. The molecule has 108 valence electrons. The second kappa shape index (κ2) is 5.12. The lowest BCUT2D eigenvalue weighted by atomic mass is 10.1. The highest BCUT2D eigenvalue weighted by Gasteiger charge is 2.34. The van der Waals surface area contributed by atoms with Gasteiger partial charge in [0.05, 0.1) is 11.6 Å². The van der Waals surface area contributed by atoms with Crippen molar-refractivity contribution in [2.45, 2.75) is 25.6 Å². The van der Waals surface area contributed by atoms with Crippen molar-refractivity contribution in [3.8, 4) is 17.1 Å². The van der Waals surface area contributed by atoms with Crippen LogP contribution >= 0.6 is 0 Å². The largest absolute Gasteiger partial charge is 0.507 e. The summed E-state index contributed by atoms with van der Waals surface area (Å²) in [6.07, 6.45) is -4.10. The van der Waals surface area contributed by atoms with E-state index in [-0.39, 0.29) is 17.3 Å². The molecule has 0 fully saturated rings. The van der Waals surface area contributed by atoms with E-state index in [0.29, 0.717) is 6.42 Å². The quantitative estimate of drug-likeness (QED) is 0.906. The zero-order valence-corrected chi connectivity index (χ0v) is 10.5. The number of hydrogen-bond acceptors (Lipinski definition) is 5. The topological polar surface area (TPSA) is 85.2 Å². The lowest BCUT2D eigenvalue weighted by molar-refractivity contribution is -0.138. The fraction of sp³-hybridized carbons (Fsp3) is 0.333. The Bertz CT molecular complexity index is 610. The molecular weight excluding hydrogens is 275 g/mol. The standard InChI is InChI=1S/C12H12F3N3O2/c1-2-8(16)11-17-10(18-20-11)6-3-4-9(19)7(5-6)12(13,14)15/h3-5,8,19H,2,16H2,1H3/t8-/m1/s1. The number of phenols is 1. The maximum Gasteiger partial charge on any atom is 0.419 e. The summed E-state index contributed by atoms with van der Waals surface area (Å²) in [6, 6.07) is 2.52. The van der Waals surface area contributed by atoms with Crippen molar-refractivity contribution in [3.05, 3.63) is 29.7 Å². The molecule has 1 atom stereocenters. The molecule has 0 radical (unpaired) electrons. The molecule has 0 saturated heterocycles. The average Bonchev–Trinajstić information content (AvgIpc) is 2.86. The maximum absolute atomic E-state index is 12.7. The molecule has 8 heteroatoms. The molecule has 1 heterocycles. The van der Waals surface area contributed by atoms with E-state index in [4.69, 9.17) is 10.3 Å². The van der Waals surface area contributed by atoms with Crippen LogP contribution in [0.15, 0.2) is 22.7 Å². The number of alkyl halides is 3. The molecule has 3 N–H and O–H groups in total. The number of phenolic OH excluding ortho intramolecular Hbond substituents is 1. The highest BCUT2D eigenvalue weighted by Crippen LogP contribution is 2.37. The van der Waals surface area contributed by atoms with Gasteiger partial charge in [0, 0.05) is 5.56 Å². The van der Waals surface area contributed by atoms with Crippen molar-refractivity contribution in [1.29, 1.82) is 0 Å². The molecule has 1 aromatic heterocycles. The molecule has 0 aliphatic rings. The Balaban J connectivity index is 2.41. The summed E-state index contributed by atoms with van der Waals surface area (Å²) in [5.74, 6) is -0.700. The Morgan fingerprint density at radius 2 is 2.10 bits per heavy atom. The minimum absolute atomic E-state index is 0.00519. The second-order valence-corrected chi connectivity index (χ2v) is 4.20. The van der Waals surface area contributed by atoms with Crippen molar-refractivity contribution in [2.24, 2.45) is 5.73 Å². The van der Waals surface area contributed by atoms with Crippen LogP contribution in [0.3, 0.4) is 0 Å². The summed E-state index contributed by atoms with van der Waals surface area (Å²) >= 11 is 0. The smallest absolute Gasteiger partial charge is 0.419 e. The van der Waals surface area contributed by atoms with Gasteiger partial charge in [0.2, 0.25) is 11.7 Å². The van der Waals surface area contributed by atoms with Gasteiger partial charge < -0.3 is 15.4 Å². The molecule has 1 aromatic carbocycles. The third kappa shape index (κ3) is 2.74. The number of hydrogen-bond donors (Lipinski definition) is 2. The van der Waals surface area contributed by atoms with E-state index >= 15 is 0 Å². The molecule has 0 amide bonds. The Labute approximate surface area is 112 Å². The first-order chi connectivity index (χ1) is 9.32. The first-order valence-electron chi connectivity index (χ1n) is 5.82. The van der Waals surface area contributed by atoms with Crippen LogP contribution in [-0.2, 0) is 6.18 Å². The Hall–Kier alpha value is -2.09. The normalized spacial score (nSPS) is 13.4. The van der Waals surface area contributed by atoms with Gasteiger partial charge in [-0.15, -0.1) is 0 Å². The minimum Gasteiger partial charge on any atom is -0.507 e. The number of nitrogens with zero attached hydrogens (tertiary/aromatic N) is 2.